The Labute approximate surface area is 173 Å². The fraction of sp³-hybridized carbons (Fsp3) is 0.389. The first-order chi connectivity index (χ1) is 13.3. The molecule has 0 atom stereocenters. The molecule has 1 aliphatic rings. The van der Waals surface area contributed by atoms with Crippen LogP contribution in [0.2, 0.25) is 0 Å². The van der Waals surface area contributed by atoms with Gasteiger partial charge in [-0.05, 0) is 36.9 Å². The van der Waals surface area contributed by atoms with Crippen LogP contribution in [0.4, 0.5) is 0 Å². The number of thiophene rings is 1. The zero-order valence-electron chi connectivity index (χ0n) is 15.6. The van der Waals surface area contributed by atoms with Crippen LogP contribution in [0.1, 0.15) is 16.8 Å². The predicted octanol–water partition coefficient (Wildman–Crippen LogP) is 2.26. The van der Waals surface area contributed by atoms with Crippen molar-refractivity contribution in [3.05, 3.63) is 40.4 Å². The fourth-order valence-electron chi connectivity index (χ4n) is 2.98. The van der Waals surface area contributed by atoms with Gasteiger partial charge in [0.25, 0.3) is 10.0 Å². The first-order valence-electron chi connectivity index (χ1n) is 8.65. The van der Waals surface area contributed by atoms with Gasteiger partial charge in [0.05, 0.1) is 11.3 Å². The summed E-state index contributed by atoms with van der Waals surface area (Å²) in [6.07, 6.45) is 0. The topological polar surface area (TPSA) is 94.4 Å². The van der Waals surface area contributed by atoms with Crippen molar-refractivity contribution in [3.8, 4) is 6.07 Å². The van der Waals surface area contributed by atoms with Crippen molar-refractivity contribution >= 4 is 39.0 Å². The lowest BCUT2D eigenvalue weighted by molar-refractivity contribution is -0.129. The Balaban J connectivity index is 1.59. The second kappa shape index (κ2) is 8.61. The molecule has 0 saturated carbocycles. The molecule has 0 N–H and O–H groups in total. The molecular formula is C18H20N4O3S3. The summed E-state index contributed by atoms with van der Waals surface area (Å²) in [6.45, 7) is 4.98. The van der Waals surface area contributed by atoms with Crippen molar-refractivity contribution in [3.63, 3.8) is 0 Å². The van der Waals surface area contributed by atoms with Crippen LogP contribution < -0.4 is 0 Å². The molecule has 2 aromatic rings. The quantitative estimate of drug-likeness (QED) is 0.668. The van der Waals surface area contributed by atoms with Crippen LogP contribution in [0, 0.1) is 25.2 Å². The highest BCUT2D eigenvalue weighted by Gasteiger charge is 2.30. The number of aryl methyl sites for hydroxylation is 2. The van der Waals surface area contributed by atoms with E-state index in [1.165, 1.54) is 27.4 Å². The largest absolute Gasteiger partial charge is 0.339 e. The molecule has 0 aromatic carbocycles. The van der Waals surface area contributed by atoms with Crippen molar-refractivity contribution in [2.45, 2.75) is 23.1 Å². The Kier molecular flexibility index (Phi) is 6.40. The van der Waals surface area contributed by atoms with E-state index < -0.39 is 10.0 Å². The highest BCUT2D eigenvalue weighted by molar-refractivity contribution is 8.00. The van der Waals surface area contributed by atoms with Gasteiger partial charge in [-0.3, -0.25) is 4.79 Å². The highest BCUT2D eigenvalue weighted by Crippen LogP contribution is 2.25. The number of sulfonamides is 1. The van der Waals surface area contributed by atoms with E-state index in [0.29, 0.717) is 27.9 Å². The number of pyridine rings is 1. The normalized spacial score (nSPS) is 15.4. The van der Waals surface area contributed by atoms with Gasteiger partial charge in [0, 0.05) is 31.9 Å². The summed E-state index contributed by atoms with van der Waals surface area (Å²) in [7, 11) is -3.48. The van der Waals surface area contributed by atoms with Crippen molar-refractivity contribution < 1.29 is 13.2 Å². The number of rotatable bonds is 5. The summed E-state index contributed by atoms with van der Waals surface area (Å²) in [4.78, 5) is 18.6. The zero-order chi connectivity index (χ0) is 20.3. The lowest BCUT2D eigenvalue weighted by Gasteiger charge is -2.33. The number of thioether (sulfide) groups is 1. The molecule has 148 valence electrons. The third-order valence-corrected chi connectivity index (χ3v) is 8.67. The SMILES string of the molecule is Cc1cc(C)c(C#N)c(SCC(=O)N2CCN(S(=O)(=O)c3cccs3)CC2)n1. The first kappa shape index (κ1) is 20.8. The van der Waals surface area contributed by atoms with E-state index in [4.69, 9.17) is 0 Å². The number of carbonyl (C=O) groups excluding carboxylic acids is 1. The molecule has 0 bridgehead atoms. The molecule has 10 heteroatoms. The van der Waals surface area contributed by atoms with Gasteiger partial charge in [0.1, 0.15) is 15.3 Å². The third-order valence-electron chi connectivity index (χ3n) is 4.44. The van der Waals surface area contributed by atoms with E-state index in [9.17, 15) is 18.5 Å². The van der Waals surface area contributed by atoms with E-state index >= 15 is 0 Å². The maximum Gasteiger partial charge on any atom is 0.252 e. The molecular weight excluding hydrogens is 416 g/mol. The minimum atomic E-state index is -3.48. The minimum absolute atomic E-state index is 0.0805. The number of piperazine rings is 1. The van der Waals surface area contributed by atoms with Gasteiger partial charge in [0.2, 0.25) is 5.91 Å². The molecule has 0 radical (unpaired) electrons. The Morgan fingerprint density at radius 3 is 2.64 bits per heavy atom. The van der Waals surface area contributed by atoms with Crippen LogP contribution in [-0.2, 0) is 14.8 Å². The van der Waals surface area contributed by atoms with E-state index in [-0.39, 0.29) is 24.7 Å². The number of nitriles is 1. The average molecular weight is 437 g/mol. The summed E-state index contributed by atoms with van der Waals surface area (Å²) in [5, 5.41) is 11.6. The maximum atomic E-state index is 12.6. The second-order valence-corrected chi connectivity index (χ2v) is 10.5. The summed E-state index contributed by atoms with van der Waals surface area (Å²) < 4.78 is 26.9. The smallest absolute Gasteiger partial charge is 0.252 e. The fourth-order valence-corrected chi connectivity index (χ4v) is 6.55. The van der Waals surface area contributed by atoms with Crippen LogP contribution in [0.3, 0.4) is 0 Å². The molecule has 28 heavy (non-hydrogen) atoms. The second-order valence-electron chi connectivity index (χ2n) is 6.38. The molecule has 1 fully saturated rings. The predicted molar refractivity (Wildman–Crippen MR) is 109 cm³/mol. The van der Waals surface area contributed by atoms with Crippen molar-refractivity contribution in [1.29, 1.82) is 5.26 Å². The van der Waals surface area contributed by atoms with Crippen molar-refractivity contribution in [2.75, 3.05) is 31.9 Å². The lowest BCUT2D eigenvalue weighted by atomic mass is 10.1. The number of carbonyl (C=O) groups is 1. The third kappa shape index (κ3) is 4.38. The zero-order valence-corrected chi connectivity index (χ0v) is 18.0. The first-order valence-corrected chi connectivity index (χ1v) is 12.0. The van der Waals surface area contributed by atoms with Crippen LogP contribution >= 0.6 is 23.1 Å². The van der Waals surface area contributed by atoms with E-state index in [1.54, 1.807) is 22.4 Å². The van der Waals surface area contributed by atoms with Gasteiger partial charge in [-0.15, -0.1) is 11.3 Å². The van der Waals surface area contributed by atoms with Gasteiger partial charge < -0.3 is 4.90 Å². The molecule has 1 aliphatic heterocycles. The minimum Gasteiger partial charge on any atom is -0.339 e. The van der Waals surface area contributed by atoms with Gasteiger partial charge >= 0.3 is 0 Å². The maximum absolute atomic E-state index is 12.6. The van der Waals surface area contributed by atoms with Gasteiger partial charge in [-0.1, -0.05) is 17.8 Å². The van der Waals surface area contributed by atoms with Crippen LogP contribution in [0.15, 0.2) is 32.8 Å². The molecule has 0 unspecified atom stereocenters. The van der Waals surface area contributed by atoms with E-state index in [0.717, 1.165) is 11.3 Å². The van der Waals surface area contributed by atoms with Crippen LogP contribution in [-0.4, -0.2) is 60.4 Å². The van der Waals surface area contributed by atoms with Crippen molar-refractivity contribution in [2.24, 2.45) is 0 Å². The average Bonchev–Trinajstić information content (AvgIpc) is 3.21. The molecule has 1 saturated heterocycles. The highest BCUT2D eigenvalue weighted by atomic mass is 32.2. The number of aromatic nitrogens is 1. The molecule has 3 rings (SSSR count). The van der Waals surface area contributed by atoms with E-state index in [1.807, 2.05) is 19.9 Å². The summed E-state index contributed by atoms with van der Waals surface area (Å²) in [6, 6.07) is 7.30. The number of hydrogen-bond donors (Lipinski definition) is 0. The monoisotopic (exact) mass is 436 g/mol. The van der Waals surface area contributed by atoms with Gasteiger partial charge in [-0.2, -0.15) is 9.57 Å². The number of amides is 1. The van der Waals surface area contributed by atoms with Crippen LogP contribution in [0.5, 0.6) is 0 Å². The summed E-state index contributed by atoms with van der Waals surface area (Å²) >= 11 is 2.45. The van der Waals surface area contributed by atoms with Gasteiger partial charge in [-0.25, -0.2) is 13.4 Å². The summed E-state index contributed by atoms with van der Waals surface area (Å²) in [5.41, 5.74) is 2.14. The number of nitrogens with zero attached hydrogens (tertiary/aromatic N) is 4. The Morgan fingerprint density at radius 2 is 2.04 bits per heavy atom. The van der Waals surface area contributed by atoms with Crippen molar-refractivity contribution in [1.82, 2.24) is 14.2 Å². The Bertz CT molecular complexity index is 1010. The molecule has 0 spiro atoms. The molecule has 0 aliphatic carbocycles. The van der Waals surface area contributed by atoms with Gasteiger partial charge in [0.15, 0.2) is 0 Å². The molecule has 3 heterocycles. The molecule has 7 nitrogen and oxygen atoms in total. The number of hydrogen-bond acceptors (Lipinski definition) is 7. The van der Waals surface area contributed by atoms with Crippen LogP contribution in [0.25, 0.3) is 0 Å². The standard InChI is InChI=1S/C18H20N4O3S3/c1-13-10-14(2)20-18(15(13)11-19)27-12-16(23)21-5-7-22(8-6-21)28(24,25)17-4-3-9-26-17/h3-4,9-10H,5-8,12H2,1-2H3. The van der Waals surface area contributed by atoms with E-state index in [2.05, 4.69) is 11.1 Å². The summed E-state index contributed by atoms with van der Waals surface area (Å²) in [5.74, 6) is 0.0884. The Hall–Kier alpha value is -1.93. The molecule has 2 aromatic heterocycles. The Morgan fingerprint density at radius 1 is 1.32 bits per heavy atom. The lowest BCUT2D eigenvalue weighted by Crippen LogP contribution is -2.50. The molecule has 1 amide bonds.